The molecule has 0 unspecified atom stereocenters. The summed E-state index contributed by atoms with van der Waals surface area (Å²) in [7, 11) is 3.21. The fourth-order valence-electron chi connectivity index (χ4n) is 4.82. The number of carbonyl (C=O) groups excluding carboxylic acids is 1. The number of hydrogen-bond acceptors (Lipinski definition) is 6. The number of nitrogens with one attached hydrogen (secondary N) is 1. The Bertz CT molecular complexity index is 1080. The summed E-state index contributed by atoms with van der Waals surface area (Å²) in [5.41, 5.74) is 0.393. The first-order valence-corrected chi connectivity index (χ1v) is 10.1. The number of halogens is 1. The third kappa shape index (κ3) is 3.05. The number of benzene rings is 2. The van der Waals surface area contributed by atoms with Crippen LogP contribution in [0.1, 0.15) is 17.0 Å². The van der Waals surface area contributed by atoms with Crippen molar-refractivity contribution in [2.45, 2.75) is 17.5 Å². The van der Waals surface area contributed by atoms with E-state index in [2.05, 4.69) is 11.9 Å². The molecule has 1 spiro atoms. The van der Waals surface area contributed by atoms with Gasteiger partial charge in [0.1, 0.15) is 6.61 Å². The number of anilines is 1. The lowest BCUT2D eigenvalue weighted by Crippen LogP contribution is -2.54. The third-order valence-corrected chi connectivity index (χ3v) is 6.35. The van der Waals surface area contributed by atoms with Crippen LogP contribution >= 0.6 is 11.6 Å². The largest absolute Gasteiger partial charge is 0.493 e. The van der Waals surface area contributed by atoms with E-state index in [1.165, 1.54) is 7.11 Å². The minimum atomic E-state index is -1.41. The first-order valence-electron chi connectivity index (χ1n) is 9.73. The quantitative estimate of drug-likeness (QED) is 0.417. The molecule has 2 aliphatic heterocycles. The standard InChI is InChI=1S/C22H22ClN3O5/c1-4-9-31-19-16(23)10-13(11-18(19)30-3)14-12-25(2)22(20(14)26(28)29)15-7-5-6-8-17(15)24-21(22)27/h4-8,10-11,14,20H,1,9,12H2,2-3H3,(H,24,27)/t14-,20+,22-/m0/s1. The Balaban J connectivity index is 1.85. The van der Waals surface area contributed by atoms with Crippen molar-refractivity contribution in [3.05, 3.63) is 75.3 Å². The first kappa shape index (κ1) is 21.1. The van der Waals surface area contributed by atoms with Gasteiger partial charge in [-0.15, -0.1) is 0 Å². The molecule has 0 aromatic heterocycles. The maximum absolute atomic E-state index is 13.2. The van der Waals surface area contributed by atoms with Gasteiger partial charge >= 0.3 is 0 Å². The Labute approximate surface area is 184 Å². The molecule has 0 aliphatic carbocycles. The van der Waals surface area contributed by atoms with E-state index in [1.807, 2.05) is 0 Å². The predicted molar refractivity (Wildman–Crippen MR) is 117 cm³/mol. The summed E-state index contributed by atoms with van der Waals surface area (Å²) in [5.74, 6) is -0.289. The Morgan fingerprint density at radius 1 is 1.42 bits per heavy atom. The number of para-hydroxylation sites is 1. The molecule has 1 amide bonds. The molecule has 8 nitrogen and oxygen atoms in total. The van der Waals surface area contributed by atoms with Crippen LogP contribution in [0.3, 0.4) is 0 Å². The number of nitrogens with zero attached hydrogens (tertiary/aromatic N) is 2. The lowest BCUT2D eigenvalue weighted by Gasteiger charge is -2.30. The molecule has 0 radical (unpaired) electrons. The van der Waals surface area contributed by atoms with Crippen molar-refractivity contribution < 1.29 is 19.2 Å². The molecule has 4 rings (SSSR count). The van der Waals surface area contributed by atoms with Crippen LogP contribution in [-0.2, 0) is 10.3 Å². The minimum absolute atomic E-state index is 0.235. The third-order valence-electron chi connectivity index (χ3n) is 6.07. The van der Waals surface area contributed by atoms with Crippen LogP contribution in [0.25, 0.3) is 0 Å². The molecule has 3 atom stereocenters. The number of amides is 1. The van der Waals surface area contributed by atoms with Gasteiger partial charge in [0.15, 0.2) is 17.0 Å². The van der Waals surface area contributed by atoms with Gasteiger partial charge in [-0.3, -0.25) is 19.8 Å². The summed E-state index contributed by atoms with van der Waals surface area (Å²) >= 11 is 6.45. The van der Waals surface area contributed by atoms with Gasteiger partial charge in [0.05, 0.1) is 18.1 Å². The number of carbonyl (C=O) groups is 1. The molecular weight excluding hydrogens is 422 g/mol. The lowest BCUT2D eigenvalue weighted by atomic mass is 9.79. The van der Waals surface area contributed by atoms with Crippen molar-refractivity contribution >= 4 is 23.2 Å². The highest BCUT2D eigenvalue weighted by atomic mass is 35.5. The first-order chi connectivity index (χ1) is 14.9. The zero-order valence-corrected chi connectivity index (χ0v) is 17.9. The minimum Gasteiger partial charge on any atom is -0.493 e. The second kappa shape index (κ2) is 7.86. The molecule has 0 saturated carbocycles. The summed E-state index contributed by atoms with van der Waals surface area (Å²) in [6.07, 6.45) is 1.58. The van der Waals surface area contributed by atoms with E-state index in [0.717, 1.165) is 0 Å². The maximum atomic E-state index is 13.2. The van der Waals surface area contributed by atoms with Gasteiger partial charge in [-0.1, -0.05) is 42.5 Å². The number of rotatable bonds is 6. The van der Waals surface area contributed by atoms with E-state index >= 15 is 0 Å². The van der Waals surface area contributed by atoms with Gasteiger partial charge in [-0.25, -0.2) is 0 Å². The summed E-state index contributed by atoms with van der Waals surface area (Å²) in [4.78, 5) is 27.0. The molecule has 2 aromatic rings. The Morgan fingerprint density at radius 3 is 2.84 bits per heavy atom. The van der Waals surface area contributed by atoms with Crippen LogP contribution < -0.4 is 14.8 Å². The number of likely N-dealkylation sites (tertiary alicyclic amines) is 1. The summed E-state index contributed by atoms with van der Waals surface area (Å²) in [5, 5.41) is 15.5. The summed E-state index contributed by atoms with van der Waals surface area (Å²) in [6, 6.07) is 9.21. The molecule has 31 heavy (non-hydrogen) atoms. The maximum Gasteiger partial charge on any atom is 0.256 e. The molecule has 2 aliphatic rings. The molecule has 0 bridgehead atoms. The van der Waals surface area contributed by atoms with Gasteiger partial charge in [0, 0.05) is 22.7 Å². The Kier molecular flexibility index (Phi) is 5.36. The van der Waals surface area contributed by atoms with E-state index in [9.17, 15) is 14.9 Å². The van der Waals surface area contributed by atoms with E-state index < -0.39 is 23.4 Å². The van der Waals surface area contributed by atoms with Crippen LogP contribution in [0.15, 0.2) is 49.1 Å². The van der Waals surface area contributed by atoms with E-state index in [1.54, 1.807) is 54.4 Å². The second-order valence-corrected chi connectivity index (χ2v) is 8.02. The van der Waals surface area contributed by atoms with Crippen LogP contribution in [0.2, 0.25) is 5.02 Å². The Hall–Kier alpha value is -3.10. The molecule has 1 N–H and O–H groups in total. The average Bonchev–Trinajstić information content (AvgIpc) is 3.22. The highest BCUT2D eigenvalue weighted by Gasteiger charge is 2.68. The SMILES string of the molecule is C=CCOc1c(Cl)cc([C@@H]2CN(C)[C@]3(C(=O)Nc4ccccc43)[C@@H]2[N+](=O)[O-])cc1OC. The molecule has 2 heterocycles. The smallest absolute Gasteiger partial charge is 0.256 e. The van der Waals surface area contributed by atoms with Crippen molar-refractivity contribution in [3.8, 4) is 11.5 Å². The van der Waals surface area contributed by atoms with Crippen LogP contribution in [0.4, 0.5) is 5.69 Å². The van der Waals surface area contributed by atoms with Crippen molar-refractivity contribution in [1.82, 2.24) is 4.90 Å². The normalized spacial score (nSPS) is 24.7. The Morgan fingerprint density at radius 2 is 2.16 bits per heavy atom. The topological polar surface area (TPSA) is 93.9 Å². The molecule has 2 aromatic carbocycles. The summed E-state index contributed by atoms with van der Waals surface area (Å²) in [6.45, 7) is 4.14. The van der Waals surface area contributed by atoms with E-state index in [-0.39, 0.29) is 16.6 Å². The van der Waals surface area contributed by atoms with Crippen LogP contribution in [0.5, 0.6) is 11.5 Å². The van der Waals surface area contributed by atoms with Crippen molar-refractivity contribution in [3.63, 3.8) is 0 Å². The van der Waals surface area contributed by atoms with Crippen molar-refractivity contribution in [2.24, 2.45) is 0 Å². The van der Waals surface area contributed by atoms with Gasteiger partial charge in [0.25, 0.3) is 11.9 Å². The number of fused-ring (bicyclic) bond motifs is 2. The number of methoxy groups -OCH3 is 1. The molecule has 1 saturated heterocycles. The van der Waals surface area contributed by atoms with Gasteiger partial charge < -0.3 is 14.8 Å². The molecule has 162 valence electrons. The van der Waals surface area contributed by atoms with Crippen LogP contribution in [-0.4, -0.2) is 49.1 Å². The van der Waals surface area contributed by atoms with Gasteiger partial charge in [0.2, 0.25) is 0 Å². The average molecular weight is 444 g/mol. The zero-order chi connectivity index (χ0) is 22.3. The van der Waals surface area contributed by atoms with Crippen molar-refractivity contribution in [2.75, 3.05) is 32.6 Å². The van der Waals surface area contributed by atoms with E-state index in [0.29, 0.717) is 34.9 Å². The lowest BCUT2D eigenvalue weighted by molar-refractivity contribution is -0.534. The monoisotopic (exact) mass is 443 g/mol. The number of likely N-dealkylation sites (N-methyl/N-ethyl adjacent to an activating group) is 1. The second-order valence-electron chi connectivity index (χ2n) is 7.62. The molecule has 9 heteroatoms. The van der Waals surface area contributed by atoms with Gasteiger partial charge in [-0.05, 0) is 30.8 Å². The predicted octanol–water partition coefficient (Wildman–Crippen LogP) is 3.44. The van der Waals surface area contributed by atoms with Crippen molar-refractivity contribution in [1.29, 1.82) is 0 Å². The number of ether oxygens (including phenoxy) is 2. The number of hydrogen-bond donors (Lipinski definition) is 1. The summed E-state index contributed by atoms with van der Waals surface area (Å²) < 4.78 is 11.0. The van der Waals surface area contributed by atoms with Gasteiger partial charge in [-0.2, -0.15) is 0 Å². The molecular formula is C22H22ClN3O5. The highest BCUT2D eigenvalue weighted by molar-refractivity contribution is 6.32. The fourth-order valence-corrected chi connectivity index (χ4v) is 5.09. The fraction of sp³-hybridized carbons (Fsp3) is 0.318. The van der Waals surface area contributed by atoms with E-state index in [4.69, 9.17) is 21.1 Å². The number of nitro groups is 1. The highest BCUT2D eigenvalue weighted by Crippen LogP contribution is 2.53. The van der Waals surface area contributed by atoms with Crippen LogP contribution in [0, 0.1) is 10.1 Å². The molecule has 1 fully saturated rings. The zero-order valence-electron chi connectivity index (χ0n) is 17.1.